The molecule has 1 aliphatic carbocycles. The van der Waals surface area contributed by atoms with Crippen molar-refractivity contribution in [3.8, 4) is 0 Å². The lowest BCUT2D eigenvalue weighted by molar-refractivity contribution is 0.520. The normalized spacial score (nSPS) is 22.9. The lowest BCUT2D eigenvalue weighted by Crippen LogP contribution is -2.42. The molecule has 0 radical (unpaired) electrons. The molecule has 0 aromatic heterocycles. The zero-order valence-electron chi connectivity index (χ0n) is 11.2. The van der Waals surface area contributed by atoms with Crippen LogP contribution in [0.25, 0.3) is 0 Å². The Morgan fingerprint density at radius 2 is 2.15 bits per heavy atom. The van der Waals surface area contributed by atoms with E-state index in [1.54, 1.807) is 6.92 Å². The third kappa shape index (κ3) is 2.99. The molecule has 1 aliphatic rings. The Hall–Kier alpha value is -1.47. The minimum atomic E-state index is -3.81. The quantitative estimate of drug-likeness (QED) is 0.581. The van der Waals surface area contributed by atoms with Crippen LogP contribution in [0.1, 0.15) is 24.8 Å². The number of nitrogens with one attached hydrogen (secondary N) is 2. The molecule has 2 atom stereocenters. The van der Waals surface area contributed by atoms with Crippen LogP contribution in [0.15, 0.2) is 23.1 Å². The lowest BCUT2D eigenvalue weighted by atomic mass is 10.0. The van der Waals surface area contributed by atoms with E-state index in [0.29, 0.717) is 18.4 Å². The third-order valence-electron chi connectivity index (χ3n) is 3.66. The average molecular weight is 299 g/mol. The topological polar surface area (TPSA) is 96.0 Å². The number of hydrogen-bond donors (Lipinski definition) is 3. The highest BCUT2D eigenvalue weighted by Gasteiger charge is 2.33. The molecule has 7 heteroatoms. The number of rotatable bonds is 4. The second-order valence-electron chi connectivity index (χ2n) is 5.13. The van der Waals surface area contributed by atoms with Gasteiger partial charge in [0.25, 0.3) is 0 Å². The molecular formula is C13H18FN3O2S. The highest BCUT2D eigenvalue weighted by atomic mass is 32.2. The molecule has 1 saturated carbocycles. The van der Waals surface area contributed by atoms with Crippen molar-refractivity contribution in [2.75, 3.05) is 0 Å². The van der Waals surface area contributed by atoms with Crippen molar-refractivity contribution in [3.05, 3.63) is 29.6 Å². The summed E-state index contributed by atoms with van der Waals surface area (Å²) in [5, 5.41) is 7.49. The van der Waals surface area contributed by atoms with Crippen LogP contribution in [0.4, 0.5) is 4.39 Å². The second-order valence-corrected chi connectivity index (χ2v) is 6.81. The first-order valence-corrected chi connectivity index (χ1v) is 7.92. The molecule has 0 amide bonds. The van der Waals surface area contributed by atoms with Crippen molar-refractivity contribution >= 4 is 15.9 Å². The van der Waals surface area contributed by atoms with Gasteiger partial charge in [0, 0.05) is 12.0 Å². The van der Waals surface area contributed by atoms with E-state index < -0.39 is 15.8 Å². The Morgan fingerprint density at radius 1 is 1.45 bits per heavy atom. The highest BCUT2D eigenvalue weighted by molar-refractivity contribution is 7.89. The summed E-state index contributed by atoms with van der Waals surface area (Å²) in [6.07, 6.45) is 2.15. The summed E-state index contributed by atoms with van der Waals surface area (Å²) in [6.45, 7) is 1.62. The molecule has 5 nitrogen and oxygen atoms in total. The Bertz CT molecular complexity index is 631. The van der Waals surface area contributed by atoms with E-state index >= 15 is 0 Å². The first-order valence-electron chi connectivity index (χ1n) is 6.43. The average Bonchev–Trinajstić information content (AvgIpc) is 2.79. The summed E-state index contributed by atoms with van der Waals surface area (Å²) in [6, 6.07) is 3.28. The molecule has 1 aromatic rings. The standard InChI is InChI=1S/C13H18FN3O2S/c1-8-5-6-9(14)7-12(8)20(18,19)17-11-4-2-3-10(11)13(15)16/h5-7,10-11,17H,2-4H2,1H3,(H3,15,16). The summed E-state index contributed by atoms with van der Waals surface area (Å²) < 4.78 is 40.5. The summed E-state index contributed by atoms with van der Waals surface area (Å²) in [7, 11) is -3.81. The number of hydrogen-bond acceptors (Lipinski definition) is 3. The van der Waals surface area contributed by atoms with Gasteiger partial charge in [0.1, 0.15) is 5.82 Å². The fraction of sp³-hybridized carbons (Fsp3) is 0.462. The van der Waals surface area contributed by atoms with Gasteiger partial charge in [-0.2, -0.15) is 0 Å². The first-order chi connectivity index (χ1) is 9.31. The van der Waals surface area contributed by atoms with Gasteiger partial charge in [-0.15, -0.1) is 0 Å². The number of nitrogens with two attached hydrogens (primary N) is 1. The van der Waals surface area contributed by atoms with E-state index in [-0.39, 0.29) is 22.7 Å². The van der Waals surface area contributed by atoms with E-state index in [1.165, 1.54) is 12.1 Å². The van der Waals surface area contributed by atoms with Gasteiger partial charge >= 0.3 is 0 Å². The van der Waals surface area contributed by atoms with Crippen molar-refractivity contribution in [2.45, 2.75) is 37.1 Å². The van der Waals surface area contributed by atoms with Crippen LogP contribution in [0.3, 0.4) is 0 Å². The molecule has 4 N–H and O–H groups in total. The minimum Gasteiger partial charge on any atom is -0.387 e. The van der Waals surface area contributed by atoms with Crippen LogP contribution in [-0.4, -0.2) is 20.3 Å². The van der Waals surface area contributed by atoms with E-state index in [0.717, 1.165) is 12.5 Å². The molecule has 1 fully saturated rings. The molecule has 0 aliphatic heterocycles. The van der Waals surface area contributed by atoms with Crippen LogP contribution in [-0.2, 0) is 10.0 Å². The van der Waals surface area contributed by atoms with Gasteiger partial charge in [-0.05, 0) is 37.5 Å². The Morgan fingerprint density at radius 3 is 2.80 bits per heavy atom. The van der Waals surface area contributed by atoms with Crippen molar-refractivity contribution in [1.29, 1.82) is 5.41 Å². The van der Waals surface area contributed by atoms with Crippen LogP contribution in [0.5, 0.6) is 0 Å². The smallest absolute Gasteiger partial charge is 0.241 e. The minimum absolute atomic E-state index is 0.00818. The monoisotopic (exact) mass is 299 g/mol. The number of sulfonamides is 1. The van der Waals surface area contributed by atoms with Crippen LogP contribution in [0.2, 0.25) is 0 Å². The fourth-order valence-electron chi connectivity index (χ4n) is 2.60. The van der Waals surface area contributed by atoms with Crippen LogP contribution >= 0.6 is 0 Å². The molecular weight excluding hydrogens is 281 g/mol. The summed E-state index contributed by atoms with van der Waals surface area (Å²) in [5.74, 6) is -0.879. The predicted octanol–water partition coefficient (Wildman–Crippen LogP) is 1.52. The van der Waals surface area contributed by atoms with Crippen molar-refractivity contribution in [3.63, 3.8) is 0 Å². The number of aryl methyl sites for hydroxylation is 1. The van der Waals surface area contributed by atoms with Crippen molar-refractivity contribution < 1.29 is 12.8 Å². The van der Waals surface area contributed by atoms with Gasteiger partial charge in [-0.3, -0.25) is 5.41 Å². The van der Waals surface area contributed by atoms with E-state index in [1.807, 2.05) is 0 Å². The maximum atomic E-state index is 13.2. The largest absolute Gasteiger partial charge is 0.387 e. The fourth-order valence-corrected chi connectivity index (χ4v) is 4.17. The van der Waals surface area contributed by atoms with Gasteiger partial charge in [0.2, 0.25) is 10.0 Å². The zero-order chi connectivity index (χ0) is 14.9. The predicted molar refractivity (Wildman–Crippen MR) is 74.5 cm³/mol. The maximum Gasteiger partial charge on any atom is 0.241 e. The molecule has 0 saturated heterocycles. The van der Waals surface area contributed by atoms with Crippen LogP contribution in [0, 0.1) is 24.1 Å². The first kappa shape index (κ1) is 14.9. The van der Waals surface area contributed by atoms with Crippen molar-refractivity contribution in [2.24, 2.45) is 11.7 Å². The third-order valence-corrected chi connectivity index (χ3v) is 5.29. The summed E-state index contributed by atoms with van der Waals surface area (Å²) >= 11 is 0. The highest BCUT2D eigenvalue weighted by Crippen LogP contribution is 2.27. The molecule has 2 rings (SSSR count). The number of halogens is 1. The lowest BCUT2D eigenvalue weighted by Gasteiger charge is -2.20. The van der Waals surface area contributed by atoms with Gasteiger partial charge in [-0.1, -0.05) is 12.5 Å². The van der Waals surface area contributed by atoms with E-state index in [9.17, 15) is 12.8 Å². The molecule has 1 aromatic carbocycles. The van der Waals surface area contributed by atoms with Gasteiger partial charge < -0.3 is 5.73 Å². The van der Waals surface area contributed by atoms with E-state index in [4.69, 9.17) is 11.1 Å². The molecule has 110 valence electrons. The molecule has 2 unspecified atom stereocenters. The Kier molecular flexibility index (Phi) is 4.10. The molecule has 0 heterocycles. The SMILES string of the molecule is Cc1ccc(F)cc1S(=O)(=O)NC1CCCC1C(=N)N. The number of amidine groups is 1. The zero-order valence-corrected chi connectivity index (χ0v) is 12.0. The Balaban J connectivity index is 2.27. The summed E-state index contributed by atoms with van der Waals surface area (Å²) in [4.78, 5) is -0.0632. The van der Waals surface area contributed by atoms with Crippen molar-refractivity contribution in [1.82, 2.24) is 4.72 Å². The molecule has 0 bridgehead atoms. The second kappa shape index (κ2) is 5.49. The molecule has 0 spiro atoms. The number of benzene rings is 1. The van der Waals surface area contributed by atoms with Gasteiger partial charge in [0.15, 0.2) is 0 Å². The Labute approximate surface area is 117 Å². The van der Waals surface area contributed by atoms with Crippen LogP contribution < -0.4 is 10.5 Å². The van der Waals surface area contributed by atoms with E-state index in [2.05, 4.69) is 4.72 Å². The van der Waals surface area contributed by atoms with Gasteiger partial charge in [-0.25, -0.2) is 17.5 Å². The van der Waals surface area contributed by atoms with Gasteiger partial charge in [0.05, 0.1) is 10.7 Å². The maximum absolute atomic E-state index is 13.2. The summed E-state index contributed by atoms with van der Waals surface area (Å²) in [5.41, 5.74) is 5.97. The molecule has 20 heavy (non-hydrogen) atoms.